The number of rotatable bonds is 6. The van der Waals surface area contributed by atoms with Crippen molar-refractivity contribution in [1.29, 1.82) is 0 Å². The van der Waals surface area contributed by atoms with Crippen LogP contribution in [-0.4, -0.2) is 16.1 Å². The molecule has 0 aliphatic rings. The van der Waals surface area contributed by atoms with Gasteiger partial charge in [0.05, 0.1) is 21.7 Å². The lowest BCUT2D eigenvalue weighted by Gasteiger charge is -2.07. The molecule has 4 rings (SSSR count). The van der Waals surface area contributed by atoms with Gasteiger partial charge in [0.1, 0.15) is 0 Å². The van der Waals surface area contributed by atoms with Gasteiger partial charge in [-0.05, 0) is 42.7 Å². The Morgan fingerprint density at radius 1 is 1.03 bits per heavy atom. The van der Waals surface area contributed by atoms with Crippen LogP contribution in [0.2, 0.25) is 0 Å². The zero-order valence-corrected chi connectivity index (χ0v) is 17.9. The van der Waals surface area contributed by atoms with Gasteiger partial charge in [-0.25, -0.2) is 4.98 Å². The number of hydrazone groups is 1. The molecule has 1 N–H and O–H groups in total. The van der Waals surface area contributed by atoms with Crippen LogP contribution in [0.1, 0.15) is 16.7 Å². The largest absolute Gasteiger partial charge is 0.269 e. The number of non-ortho nitro benzene ring substituents is 1. The van der Waals surface area contributed by atoms with Crippen LogP contribution >= 0.6 is 11.3 Å². The fourth-order valence-electron chi connectivity index (χ4n) is 3.26. The molecule has 0 aliphatic heterocycles. The number of nitrogens with zero attached hydrogens (tertiary/aromatic N) is 3. The number of aromatic nitrogens is 1. The van der Waals surface area contributed by atoms with E-state index in [0.717, 1.165) is 32.8 Å². The van der Waals surface area contributed by atoms with Crippen LogP contribution in [0.5, 0.6) is 0 Å². The fourth-order valence-corrected chi connectivity index (χ4v) is 4.20. The number of nitro groups is 1. The third-order valence-electron chi connectivity index (χ3n) is 4.78. The second-order valence-electron chi connectivity index (χ2n) is 7.10. The molecule has 0 atom stereocenters. The molecule has 0 saturated heterocycles. The van der Waals surface area contributed by atoms with Crippen molar-refractivity contribution < 1.29 is 4.92 Å². The average Bonchev–Trinajstić information content (AvgIpc) is 3.18. The minimum absolute atomic E-state index is 0.0622. The van der Waals surface area contributed by atoms with E-state index >= 15 is 0 Å². The van der Waals surface area contributed by atoms with E-state index in [-0.39, 0.29) is 5.69 Å². The summed E-state index contributed by atoms with van der Waals surface area (Å²) in [6, 6.07) is 22.6. The van der Waals surface area contributed by atoms with Crippen molar-refractivity contribution in [2.24, 2.45) is 5.10 Å². The lowest BCUT2D eigenvalue weighted by atomic mass is 10.0. The van der Waals surface area contributed by atoms with Crippen LogP contribution in [0.3, 0.4) is 0 Å². The molecule has 154 valence electrons. The van der Waals surface area contributed by atoms with Gasteiger partial charge in [0.15, 0.2) is 0 Å². The van der Waals surface area contributed by atoms with E-state index in [9.17, 15) is 10.1 Å². The van der Waals surface area contributed by atoms with Gasteiger partial charge >= 0.3 is 0 Å². The van der Waals surface area contributed by atoms with Gasteiger partial charge < -0.3 is 0 Å². The molecule has 0 spiro atoms. The molecule has 0 radical (unpaired) electrons. The molecule has 0 amide bonds. The standard InChI is InChI=1S/C24H20N4O2S/c1-16-8-13-21(17(2)14-16)22-23(19-9-11-20(12-10-19)28(29)30)31-24(26-22)27-25-15-18-6-4-3-5-7-18/h3-15H,1-2H3,(H,26,27)/b25-15-. The van der Waals surface area contributed by atoms with E-state index < -0.39 is 4.92 Å². The maximum absolute atomic E-state index is 11.0. The molecular weight excluding hydrogens is 408 g/mol. The number of thiazole rings is 1. The molecule has 0 fully saturated rings. The first-order valence-corrected chi connectivity index (χ1v) is 10.5. The van der Waals surface area contributed by atoms with Crippen molar-refractivity contribution >= 4 is 28.4 Å². The van der Waals surface area contributed by atoms with Gasteiger partial charge in [0, 0.05) is 17.7 Å². The summed E-state index contributed by atoms with van der Waals surface area (Å²) in [7, 11) is 0. The predicted molar refractivity (Wildman–Crippen MR) is 127 cm³/mol. The third kappa shape index (κ3) is 4.67. The molecule has 3 aromatic carbocycles. The number of hydrogen-bond acceptors (Lipinski definition) is 6. The highest BCUT2D eigenvalue weighted by atomic mass is 32.1. The minimum Gasteiger partial charge on any atom is -0.258 e. The van der Waals surface area contributed by atoms with Gasteiger partial charge in [-0.1, -0.05) is 65.4 Å². The van der Waals surface area contributed by atoms with Crippen molar-refractivity contribution in [3.63, 3.8) is 0 Å². The Morgan fingerprint density at radius 3 is 2.45 bits per heavy atom. The lowest BCUT2D eigenvalue weighted by Crippen LogP contribution is -1.91. The molecule has 0 unspecified atom stereocenters. The number of anilines is 1. The smallest absolute Gasteiger partial charge is 0.258 e. The molecule has 31 heavy (non-hydrogen) atoms. The molecule has 1 aromatic heterocycles. The van der Waals surface area contributed by atoms with Gasteiger partial charge in [-0.2, -0.15) is 5.10 Å². The maximum Gasteiger partial charge on any atom is 0.269 e. The van der Waals surface area contributed by atoms with Gasteiger partial charge in [-0.15, -0.1) is 0 Å². The van der Waals surface area contributed by atoms with E-state index in [2.05, 4.69) is 42.6 Å². The SMILES string of the molecule is Cc1ccc(-c2nc(N/N=C\c3ccccc3)sc2-c2ccc([N+](=O)[O-])cc2)c(C)c1. The predicted octanol–water partition coefficient (Wildman–Crippen LogP) is 6.45. The van der Waals surface area contributed by atoms with Crippen molar-refractivity contribution in [2.75, 3.05) is 5.43 Å². The van der Waals surface area contributed by atoms with Crippen molar-refractivity contribution in [2.45, 2.75) is 13.8 Å². The molecule has 0 bridgehead atoms. The Bertz CT molecular complexity index is 1250. The summed E-state index contributed by atoms with van der Waals surface area (Å²) in [5.74, 6) is 0. The minimum atomic E-state index is -0.396. The van der Waals surface area contributed by atoms with Crippen LogP contribution in [0.15, 0.2) is 77.9 Å². The topological polar surface area (TPSA) is 80.4 Å². The van der Waals surface area contributed by atoms with E-state index in [4.69, 9.17) is 4.98 Å². The first-order chi connectivity index (χ1) is 15.0. The monoisotopic (exact) mass is 428 g/mol. The zero-order valence-electron chi connectivity index (χ0n) is 17.1. The second-order valence-corrected chi connectivity index (χ2v) is 8.10. The third-order valence-corrected chi connectivity index (χ3v) is 5.79. The van der Waals surface area contributed by atoms with Crippen molar-refractivity contribution in [3.05, 3.63) is 99.6 Å². The Labute approximate surface area is 184 Å². The number of benzene rings is 3. The van der Waals surface area contributed by atoms with Crippen LogP contribution in [-0.2, 0) is 0 Å². The van der Waals surface area contributed by atoms with Crippen LogP contribution in [0, 0.1) is 24.0 Å². The van der Waals surface area contributed by atoms with Gasteiger partial charge in [0.2, 0.25) is 5.13 Å². The lowest BCUT2D eigenvalue weighted by molar-refractivity contribution is -0.384. The zero-order chi connectivity index (χ0) is 21.8. The number of nitro benzene ring substituents is 1. The summed E-state index contributed by atoms with van der Waals surface area (Å²) in [6.45, 7) is 4.11. The molecule has 6 nitrogen and oxygen atoms in total. The van der Waals surface area contributed by atoms with Crippen molar-refractivity contribution in [3.8, 4) is 21.7 Å². The average molecular weight is 429 g/mol. The molecule has 1 heterocycles. The second kappa shape index (κ2) is 8.89. The molecule has 0 aliphatic carbocycles. The highest BCUT2D eigenvalue weighted by molar-refractivity contribution is 7.19. The normalized spacial score (nSPS) is 11.0. The first kappa shape index (κ1) is 20.4. The van der Waals surface area contributed by atoms with Crippen molar-refractivity contribution in [1.82, 2.24) is 4.98 Å². The number of nitrogens with one attached hydrogen (secondary N) is 1. The van der Waals surface area contributed by atoms with Crippen LogP contribution in [0.4, 0.5) is 10.8 Å². The quantitative estimate of drug-likeness (QED) is 0.217. The maximum atomic E-state index is 11.0. The summed E-state index contributed by atoms with van der Waals surface area (Å²) in [6.07, 6.45) is 1.74. The molecule has 0 saturated carbocycles. The van der Waals surface area contributed by atoms with E-state index in [1.165, 1.54) is 29.0 Å². The molecular formula is C24H20N4O2S. The Balaban J connectivity index is 1.72. The first-order valence-electron chi connectivity index (χ1n) is 9.68. The Hall–Kier alpha value is -3.84. The summed E-state index contributed by atoms with van der Waals surface area (Å²) in [4.78, 5) is 16.4. The summed E-state index contributed by atoms with van der Waals surface area (Å²) >= 11 is 1.46. The summed E-state index contributed by atoms with van der Waals surface area (Å²) in [5, 5.41) is 16.0. The van der Waals surface area contributed by atoms with E-state index in [0.29, 0.717) is 5.13 Å². The summed E-state index contributed by atoms with van der Waals surface area (Å²) in [5.41, 5.74) is 9.09. The van der Waals surface area contributed by atoms with Crippen LogP contribution in [0.25, 0.3) is 21.7 Å². The Morgan fingerprint density at radius 2 is 1.77 bits per heavy atom. The summed E-state index contributed by atoms with van der Waals surface area (Å²) < 4.78 is 0. The van der Waals surface area contributed by atoms with E-state index in [1.807, 2.05) is 30.3 Å². The Kier molecular flexibility index (Phi) is 5.86. The fraction of sp³-hybridized carbons (Fsp3) is 0.0833. The number of hydrogen-bond donors (Lipinski definition) is 1. The number of aryl methyl sites for hydroxylation is 2. The van der Waals surface area contributed by atoms with Gasteiger partial charge in [-0.3, -0.25) is 15.5 Å². The highest BCUT2D eigenvalue weighted by Crippen LogP contribution is 2.40. The highest BCUT2D eigenvalue weighted by Gasteiger charge is 2.17. The van der Waals surface area contributed by atoms with Gasteiger partial charge in [0.25, 0.3) is 5.69 Å². The van der Waals surface area contributed by atoms with E-state index in [1.54, 1.807) is 18.3 Å². The molecule has 7 heteroatoms. The molecule has 4 aromatic rings. The van der Waals surface area contributed by atoms with Crippen LogP contribution < -0.4 is 5.43 Å².